The molecule has 0 aromatic heterocycles. The molecule has 0 radical (unpaired) electrons. The number of benzene rings is 2. The lowest BCUT2D eigenvalue weighted by Crippen LogP contribution is -2.31. The summed E-state index contributed by atoms with van der Waals surface area (Å²) in [5.74, 6) is -0.214. The summed E-state index contributed by atoms with van der Waals surface area (Å²) in [6.45, 7) is 0.820. The number of phenolic OH excluding ortho intramolecular Hbond substituents is 1. The van der Waals surface area contributed by atoms with Gasteiger partial charge in [-0.25, -0.2) is 0 Å². The zero-order valence-corrected chi connectivity index (χ0v) is 18.0. The molecular formula is C20H22BrN3O4S. The number of anilines is 1. The van der Waals surface area contributed by atoms with Crippen LogP contribution in [-0.4, -0.2) is 47.4 Å². The Balaban J connectivity index is 1.53. The Bertz CT molecular complexity index is 863. The molecule has 0 heterocycles. The third-order valence-electron chi connectivity index (χ3n) is 3.64. The molecule has 4 N–H and O–H groups in total. The fraction of sp³-hybridized carbons (Fsp3) is 0.250. The Labute approximate surface area is 181 Å². The van der Waals surface area contributed by atoms with Crippen molar-refractivity contribution in [2.75, 3.05) is 29.9 Å². The molecule has 0 aliphatic rings. The van der Waals surface area contributed by atoms with E-state index >= 15 is 0 Å². The van der Waals surface area contributed by atoms with Gasteiger partial charge in [0.15, 0.2) is 0 Å². The van der Waals surface area contributed by atoms with Crippen molar-refractivity contribution < 1.29 is 19.5 Å². The minimum atomic E-state index is -0.278. The van der Waals surface area contributed by atoms with Gasteiger partial charge < -0.3 is 21.1 Å². The highest BCUT2D eigenvalue weighted by Crippen LogP contribution is 2.16. The minimum Gasteiger partial charge on any atom is -0.508 e. The molecule has 0 bridgehead atoms. The number of hydrogen-bond acceptors (Lipinski definition) is 5. The zero-order chi connectivity index (χ0) is 21.1. The van der Waals surface area contributed by atoms with Crippen molar-refractivity contribution in [1.29, 1.82) is 0 Å². The molecule has 0 unspecified atom stereocenters. The zero-order valence-electron chi connectivity index (χ0n) is 15.6. The molecule has 3 amide bonds. The Morgan fingerprint density at radius 1 is 0.931 bits per heavy atom. The van der Waals surface area contributed by atoms with Crippen molar-refractivity contribution in [2.45, 2.75) is 6.42 Å². The van der Waals surface area contributed by atoms with Crippen molar-refractivity contribution >= 4 is 51.1 Å². The maximum Gasteiger partial charge on any atom is 0.251 e. The predicted octanol–water partition coefficient (Wildman–Crippen LogP) is 2.76. The molecule has 0 aliphatic heterocycles. The molecule has 0 fully saturated rings. The van der Waals surface area contributed by atoms with Crippen molar-refractivity contribution in [3.05, 3.63) is 58.6 Å². The lowest BCUT2D eigenvalue weighted by atomic mass is 10.2. The number of amides is 3. The van der Waals surface area contributed by atoms with Crippen LogP contribution in [0.4, 0.5) is 5.69 Å². The molecule has 0 saturated carbocycles. The highest BCUT2D eigenvalue weighted by atomic mass is 79.9. The number of aromatic hydroxyl groups is 1. The summed E-state index contributed by atoms with van der Waals surface area (Å²) in [5.41, 5.74) is 1.08. The van der Waals surface area contributed by atoms with Crippen LogP contribution in [0.25, 0.3) is 0 Å². The topological polar surface area (TPSA) is 108 Å². The van der Waals surface area contributed by atoms with Crippen molar-refractivity contribution in [3.8, 4) is 5.75 Å². The quantitative estimate of drug-likeness (QED) is 0.392. The monoisotopic (exact) mass is 479 g/mol. The molecule has 0 saturated heterocycles. The number of carbonyl (C=O) groups excluding carboxylic acids is 3. The highest BCUT2D eigenvalue weighted by molar-refractivity contribution is 9.10. The SMILES string of the molecule is O=C(CSCC(=O)Nc1cccc(Br)c1)NCCCNC(=O)c1cccc(O)c1. The number of thioether (sulfide) groups is 1. The second-order valence-electron chi connectivity index (χ2n) is 6.06. The number of nitrogens with one attached hydrogen (secondary N) is 3. The molecule has 29 heavy (non-hydrogen) atoms. The summed E-state index contributed by atoms with van der Waals surface area (Å²) in [5, 5.41) is 17.6. The number of carbonyl (C=O) groups is 3. The van der Waals surface area contributed by atoms with Crippen LogP contribution in [0.1, 0.15) is 16.8 Å². The standard InChI is InChI=1S/C20H22BrN3O4S/c21-15-5-2-6-16(11-15)24-19(27)13-29-12-18(26)22-8-3-9-23-20(28)14-4-1-7-17(25)10-14/h1-2,4-7,10-11,25H,3,8-9,12-13H2,(H,22,26)(H,23,28)(H,24,27). The van der Waals surface area contributed by atoms with Gasteiger partial charge in [-0.3, -0.25) is 14.4 Å². The van der Waals surface area contributed by atoms with E-state index in [0.717, 1.165) is 4.47 Å². The van der Waals surface area contributed by atoms with Gasteiger partial charge in [0.1, 0.15) is 5.75 Å². The molecule has 2 aromatic rings. The highest BCUT2D eigenvalue weighted by Gasteiger charge is 2.07. The summed E-state index contributed by atoms with van der Waals surface area (Å²) >= 11 is 4.57. The number of rotatable bonds is 10. The third-order valence-corrected chi connectivity index (χ3v) is 5.07. The average molecular weight is 480 g/mol. The number of hydrogen-bond donors (Lipinski definition) is 4. The first-order chi connectivity index (χ1) is 13.9. The average Bonchev–Trinajstić information content (AvgIpc) is 2.67. The first-order valence-electron chi connectivity index (χ1n) is 8.91. The van der Waals surface area contributed by atoms with Crippen LogP contribution in [0, 0.1) is 0 Å². The summed E-state index contributed by atoms with van der Waals surface area (Å²) in [6, 6.07) is 13.4. The van der Waals surface area contributed by atoms with Gasteiger partial charge in [-0.1, -0.05) is 28.1 Å². The van der Waals surface area contributed by atoms with E-state index in [-0.39, 0.29) is 35.0 Å². The van der Waals surface area contributed by atoms with Gasteiger partial charge in [0.05, 0.1) is 11.5 Å². The van der Waals surface area contributed by atoms with Crippen molar-refractivity contribution in [3.63, 3.8) is 0 Å². The van der Waals surface area contributed by atoms with Gasteiger partial charge in [-0.15, -0.1) is 11.8 Å². The van der Waals surface area contributed by atoms with E-state index in [1.165, 1.54) is 23.9 Å². The van der Waals surface area contributed by atoms with Crippen molar-refractivity contribution in [2.24, 2.45) is 0 Å². The first-order valence-corrected chi connectivity index (χ1v) is 10.9. The van der Waals surface area contributed by atoms with E-state index in [2.05, 4.69) is 31.9 Å². The van der Waals surface area contributed by atoms with Crippen LogP contribution in [0.15, 0.2) is 53.0 Å². The van der Waals surface area contributed by atoms with Crippen LogP contribution in [0.3, 0.4) is 0 Å². The Kier molecular flexibility index (Phi) is 9.52. The Morgan fingerprint density at radius 3 is 2.41 bits per heavy atom. The summed E-state index contributed by atoms with van der Waals surface area (Å²) in [4.78, 5) is 35.6. The van der Waals surface area contributed by atoms with Gasteiger partial charge in [0.25, 0.3) is 5.91 Å². The predicted molar refractivity (Wildman–Crippen MR) is 118 cm³/mol. The van der Waals surface area contributed by atoms with E-state index in [1.807, 2.05) is 12.1 Å². The fourth-order valence-electron chi connectivity index (χ4n) is 2.32. The minimum absolute atomic E-state index is 0.0349. The molecule has 9 heteroatoms. The maximum absolute atomic E-state index is 11.9. The third kappa shape index (κ3) is 9.01. The molecule has 0 atom stereocenters. The van der Waals surface area contributed by atoms with Gasteiger partial charge in [-0.2, -0.15) is 0 Å². The molecule has 2 rings (SSSR count). The second kappa shape index (κ2) is 12.1. The van der Waals surface area contributed by atoms with Gasteiger partial charge in [-0.05, 0) is 42.8 Å². The number of halogens is 1. The normalized spacial score (nSPS) is 10.2. The van der Waals surface area contributed by atoms with Crippen LogP contribution < -0.4 is 16.0 Å². The molecular weight excluding hydrogens is 458 g/mol. The van der Waals surface area contributed by atoms with Gasteiger partial charge in [0.2, 0.25) is 11.8 Å². The van der Waals surface area contributed by atoms with E-state index in [0.29, 0.717) is 30.8 Å². The summed E-state index contributed by atoms with van der Waals surface area (Å²) in [6.07, 6.45) is 0.574. The Hall–Kier alpha value is -2.52. The molecule has 0 spiro atoms. The molecule has 0 aliphatic carbocycles. The van der Waals surface area contributed by atoms with Crippen LogP contribution in [0.2, 0.25) is 0 Å². The maximum atomic E-state index is 11.9. The molecule has 7 nitrogen and oxygen atoms in total. The van der Waals surface area contributed by atoms with Crippen LogP contribution in [-0.2, 0) is 9.59 Å². The summed E-state index contributed by atoms with van der Waals surface area (Å²) in [7, 11) is 0. The lowest BCUT2D eigenvalue weighted by Gasteiger charge is -2.08. The first kappa shape index (κ1) is 22.8. The fourth-order valence-corrected chi connectivity index (χ4v) is 3.36. The van der Waals surface area contributed by atoms with Gasteiger partial charge >= 0.3 is 0 Å². The van der Waals surface area contributed by atoms with E-state index in [1.54, 1.807) is 24.3 Å². The van der Waals surface area contributed by atoms with Crippen molar-refractivity contribution in [1.82, 2.24) is 10.6 Å². The molecule has 2 aromatic carbocycles. The van der Waals surface area contributed by atoms with Gasteiger partial charge in [0, 0.05) is 28.8 Å². The summed E-state index contributed by atoms with van der Waals surface area (Å²) < 4.78 is 0.875. The molecule has 154 valence electrons. The van der Waals surface area contributed by atoms with E-state index in [9.17, 15) is 19.5 Å². The van der Waals surface area contributed by atoms with Crippen LogP contribution in [0.5, 0.6) is 5.75 Å². The smallest absolute Gasteiger partial charge is 0.251 e. The Morgan fingerprint density at radius 2 is 1.66 bits per heavy atom. The largest absolute Gasteiger partial charge is 0.508 e. The van der Waals surface area contributed by atoms with E-state index in [4.69, 9.17) is 0 Å². The van der Waals surface area contributed by atoms with E-state index < -0.39 is 0 Å². The lowest BCUT2D eigenvalue weighted by molar-refractivity contribution is -0.118. The number of phenols is 1. The van der Waals surface area contributed by atoms with Crippen LogP contribution >= 0.6 is 27.7 Å². The second-order valence-corrected chi connectivity index (χ2v) is 7.96.